The zero-order valence-electron chi connectivity index (χ0n) is 22.5. The number of nitrogens with zero attached hydrogens (tertiary/aromatic N) is 5. The van der Waals surface area contributed by atoms with Crippen LogP contribution in [0.2, 0.25) is 10.0 Å². The molecule has 4 rings (SSSR count). The van der Waals surface area contributed by atoms with E-state index in [-0.39, 0.29) is 45.2 Å². The fourth-order valence-electron chi connectivity index (χ4n) is 4.35. The predicted octanol–water partition coefficient (Wildman–Crippen LogP) is 3.59. The number of rotatable bonds is 11. The molecule has 3 aromatic rings. The molecule has 1 aliphatic rings. The molecule has 3 N–H and O–H groups in total. The van der Waals surface area contributed by atoms with Crippen LogP contribution in [0.1, 0.15) is 37.3 Å². The summed E-state index contributed by atoms with van der Waals surface area (Å²) in [5.41, 5.74) is 1.23. The quantitative estimate of drug-likeness (QED) is 0.266. The zero-order valence-corrected chi connectivity index (χ0v) is 24.8. The van der Waals surface area contributed by atoms with Crippen LogP contribution in [0, 0.1) is 0 Å². The highest BCUT2D eigenvalue weighted by molar-refractivity contribution is 7.13. The Morgan fingerprint density at radius 1 is 1.24 bits per heavy atom. The number of thiazole rings is 1. The average molecular weight is 625 g/mol. The molecule has 13 nitrogen and oxygen atoms in total. The lowest BCUT2D eigenvalue weighted by Gasteiger charge is -2.33. The Kier molecular flexibility index (Phi) is 9.81. The molecule has 2 aromatic heterocycles. The number of anilines is 1. The minimum Gasteiger partial charge on any atom is -0.493 e. The highest BCUT2D eigenvalue weighted by atomic mass is 35.5. The smallest absolute Gasteiger partial charge is 0.336 e. The fourth-order valence-corrected chi connectivity index (χ4v) is 5.37. The van der Waals surface area contributed by atoms with Gasteiger partial charge >= 0.3 is 11.9 Å². The van der Waals surface area contributed by atoms with Gasteiger partial charge in [0.1, 0.15) is 0 Å². The minimum atomic E-state index is -1.02. The van der Waals surface area contributed by atoms with E-state index in [2.05, 4.69) is 31.0 Å². The molecule has 0 saturated heterocycles. The second-order valence-electron chi connectivity index (χ2n) is 8.58. The Hall–Kier alpha value is -3.72. The Labute approximate surface area is 249 Å². The van der Waals surface area contributed by atoms with Gasteiger partial charge in [-0.1, -0.05) is 35.3 Å². The van der Waals surface area contributed by atoms with E-state index in [9.17, 15) is 14.7 Å². The van der Waals surface area contributed by atoms with Gasteiger partial charge in [-0.15, -0.1) is 21.5 Å². The Bertz CT molecular complexity index is 1500. The summed E-state index contributed by atoms with van der Waals surface area (Å²) >= 11 is 14.2. The molecular formula is C25H27Cl2N7O6S. The molecule has 0 aliphatic carbocycles. The number of hydrogen-bond donors (Lipinski definition) is 3. The first-order valence-corrected chi connectivity index (χ1v) is 13.9. The van der Waals surface area contributed by atoms with E-state index in [1.165, 1.54) is 35.7 Å². The number of dihydropyridines is 1. The normalized spacial score (nSPS) is 15.9. The van der Waals surface area contributed by atoms with Gasteiger partial charge in [-0.25, -0.2) is 9.59 Å². The third kappa shape index (κ3) is 6.45. The number of aromatic hydroxyl groups is 1. The van der Waals surface area contributed by atoms with E-state index in [4.69, 9.17) is 37.4 Å². The summed E-state index contributed by atoms with van der Waals surface area (Å²) in [6.07, 6.45) is -1.01. The van der Waals surface area contributed by atoms with Crippen LogP contribution in [0.15, 0.2) is 46.1 Å². The van der Waals surface area contributed by atoms with Crippen LogP contribution in [-0.4, -0.2) is 69.6 Å². The largest absolute Gasteiger partial charge is 0.493 e. The van der Waals surface area contributed by atoms with Gasteiger partial charge in [0.25, 0.3) is 0 Å². The molecule has 41 heavy (non-hydrogen) atoms. The van der Waals surface area contributed by atoms with Crippen molar-refractivity contribution in [3.63, 3.8) is 0 Å². The van der Waals surface area contributed by atoms with E-state index in [1.807, 2.05) is 0 Å². The van der Waals surface area contributed by atoms with Crippen molar-refractivity contribution in [2.45, 2.75) is 32.4 Å². The van der Waals surface area contributed by atoms with E-state index in [1.54, 1.807) is 32.0 Å². The highest BCUT2D eigenvalue weighted by Gasteiger charge is 2.43. The van der Waals surface area contributed by atoms with Crippen LogP contribution >= 0.6 is 34.5 Å². The summed E-state index contributed by atoms with van der Waals surface area (Å²) < 4.78 is 16.3. The van der Waals surface area contributed by atoms with E-state index < -0.39 is 24.0 Å². The van der Waals surface area contributed by atoms with Crippen LogP contribution in [0.4, 0.5) is 5.13 Å². The maximum Gasteiger partial charge on any atom is 0.336 e. The molecule has 1 aliphatic heterocycles. The van der Waals surface area contributed by atoms with Crippen molar-refractivity contribution >= 4 is 51.6 Å². The summed E-state index contributed by atoms with van der Waals surface area (Å²) in [4.78, 5) is 31.9. The lowest BCUT2D eigenvalue weighted by Crippen LogP contribution is -2.36. The lowest BCUT2D eigenvalue weighted by atomic mass is 9.79. The molecule has 0 bridgehead atoms. The number of allylic oxidation sites excluding steroid dienone is 1. The summed E-state index contributed by atoms with van der Waals surface area (Å²) in [7, 11) is 2.67. The number of ether oxygens (including phenoxy) is 3. The summed E-state index contributed by atoms with van der Waals surface area (Å²) in [5.74, 6) is -2.32. The first kappa shape index (κ1) is 30.2. The van der Waals surface area contributed by atoms with Gasteiger partial charge in [0, 0.05) is 19.4 Å². The van der Waals surface area contributed by atoms with Crippen molar-refractivity contribution in [3.05, 3.63) is 67.6 Å². The molecule has 0 amide bonds. The third-order valence-corrected chi connectivity index (χ3v) is 7.69. The number of methoxy groups -OCH3 is 2. The van der Waals surface area contributed by atoms with E-state index >= 15 is 0 Å². The number of esters is 2. The molecule has 16 heteroatoms. The molecule has 3 heterocycles. The number of carbonyl (C=O) groups excluding carboxylic acids is 2. The van der Waals surface area contributed by atoms with Gasteiger partial charge in [0.05, 0.1) is 58.4 Å². The first-order chi connectivity index (χ1) is 19.7. The Balaban J connectivity index is 1.77. The van der Waals surface area contributed by atoms with Crippen LogP contribution in [0.5, 0.6) is 5.88 Å². The molecule has 1 aromatic carbocycles. The molecule has 0 spiro atoms. The van der Waals surface area contributed by atoms with Gasteiger partial charge < -0.3 is 30.0 Å². The molecule has 0 fully saturated rings. The third-order valence-electron chi connectivity index (χ3n) is 6.07. The number of tetrazole rings is 1. The second kappa shape index (κ2) is 13.3. The zero-order chi connectivity index (χ0) is 29.7. The maximum absolute atomic E-state index is 13.6. The second-order valence-corrected chi connectivity index (χ2v) is 10.2. The molecule has 218 valence electrons. The van der Waals surface area contributed by atoms with Crippen LogP contribution in [0.25, 0.3) is 0 Å². The monoisotopic (exact) mass is 623 g/mol. The lowest BCUT2D eigenvalue weighted by molar-refractivity contribution is -0.139. The standard InChI is InChI=1S/C25H27Cl2N7O6S/c1-5-40-24(37)18-17(13-7-6-8-14(26)19(13)27)16(23(36)39-4)12(2)29-20(18)21(38-3)22-31-33-34(32-22)10-9-28-25-30-15(35)11-41-25/h6-8,11,17,21,29,35H,5,9-10H2,1-4H3,(H,28,30). The fraction of sp³-hybridized carbons (Fsp3) is 0.360. The van der Waals surface area contributed by atoms with Crippen molar-refractivity contribution in [2.75, 3.05) is 32.7 Å². The van der Waals surface area contributed by atoms with Gasteiger partial charge in [-0.05, 0) is 30.7 Å². The number of benzene rings is 1. The summed E-state index contributed by atoms with van der Waals surface area (Å²) in [5, 5.41) is 30.7. The minimum absolute atomic E-state index is 0.0514. The Morgan fingerprint density at radius 2 is 2.02 bits per heavy atom. The topological polar surface area (TPSA) is 163 Å². The maximum atomic E-state index is 13.6. The molecule has 0 saturated carbocycles. The van der Waals surface area contributed by atoms with Crippen molar-refractivity contribution in [1.29, 1.82) is 0 Å². The van der Waals surface area contributed by atoms with Crippen LogP contribution < -0.4 is 10.6 Å². The van der Waals surface area contributed by atoms with E-state index in [0.29, 0.717) is 29.5 Å². The highest BCUT2D eigenvalue weighted by Crippen LogP contribution is 2.45. The number of halogens is 2. The van der Waals surface area contributed by atoms with Crippen molar-refractivity contribution in [2.24, 2.45) is 0 Å². The number of nitrogens with one attached hydrogen (secondary N) is 2. The Morgan fingerprint density at radius 3 is 2.68 bits per heavy atom. The number of aromatic nitrogens is 5. The molecule has 2 atom stereocenters. The van der Waals surface area contributed by atoms with Gasteiger partial charge in [-0.2, -0.15) is 9.78 Å². The van der Waals surface area contributed by atoms with E-state index in [0.717, 1.165) is 0 Å². The first-order valence-electron chi connectivity index (χ1n) is 12.3. The van der Waals surface area contributed by atoms with Crippen molar-refractivity contribution < 1.29 is 28.9 Å². The SMILES string of the molecule is CCOC(=O)C1=C(C(OC)c2nnn(CCNc3nc(O)cs3)n2)NC(C)=C(C(=O)OC)C1c1cccc(Cl)c1Cl. The van der Waals surface area contributed by atoms with Crippen LogP contribution in [0.3, 0.4) is 0 Å². The molecular weight excluding hydrogens is 597 g/mol. The van der Waals surface area contributed by atoms with Gasteiger partial charge in [-0.3, -0.25) is 0 Å². The van der Waals surface area contributed by atoms with Crippen LogP contribution in [-0.2, 0) is 30.3 Å². The van der Waals surface area contributed by atoms with Crippen molar-refractivity contribution in [3.8, 4) is 5.88 Å². The molecule has 0 radical (unpaired) electrons. The summed E-state index contributed by atoms with van der Waals surface area (Å²) in [6, 6.07) is 4.94. The number of hydrogen-bond acceptors (Lipinski definition) is 13. The van der Waals surface area contributed by atoms with Crippen molar-refractivity contribution in [1.82, 2.24) is 30.5 Å². The number of carbonyl (C=O) groups is 2. The average Bonchev–Trinajstić information content (AvgIpc) is 3.59. The predicted molar refractivity (Wildman–Crippen MR) is 151 cm³/mol. The molecule has 2 unspecified atom stereocenters. The van der Waals surface area contributed by atoms with Gasteiger partial charge in [0.2, 0.25) is 11.7 Å². The summed E-state index contributed by atoms with van der Waals surface area (Å²) in [6.45, 7) is 4.11. The van der Waals surface area contributed by atoms with Gasteiger partial charge in [0.15, 0.2) is 11.2 Å².